The van der Waals surface area contributed by atoms with Crippen LogP contribution >= 0.6 is 0 Å². The van der Waals surface area contributed by atoms with Crippen LogP contribution in [0, 0.1) is 6.92 Å². The Morgan fingerprint density at radius 1 is 1.17 bits per heavy atom. The van der Waals surface area contributed by atoms with Crippen molar-refractivity contribution in [3.05, 3.63) is 36.8 Å². The molecule has 3 nitrogen and oxygen atoms in total. The van der Waals surface area contributed by atoms with Crippen molar-refractivity contribution >= 4 is 11.6 Å². The second-order valence-electron chi connectivity index (χ2n) is 6.52. The molecule has 0 aliphatic rings. The van der Waals surface area contributed by atoms with Gasteiger partial charge in [-0.25, -0.2) is 0 Å². The van der Waals surface area contributed by atoms with Gasteiger partial charge in [0.25, 0.3) is 0 Å². The van der Waals surface area contributed by atoms with Crippen LogP contribution in [0.3, 0.4) is 0 Å². The number of ether oxygens (including phenoxy) is 1. The minimum absolute atomic E-state index is 0. The molecule has 4 heteroatoms. The van der Waals surface area contributed by atoms with Crippen LogP contribution in [0.5, 0.6) is 0 Å². The standard InChI is InChI=1S/C19H30NO2.Y/c1-6-18(21)20(14-8-9-15-22-7-2)17-12-10-16(11-13-17)19(3,4)5;/h10-13H,2,6-9,14-15H2,1,3-5H3;/q-1;. The van der Waals surface area contributed by atoms with Gasteiger partial charge in [0.15, 0.2) is 0 Å². The molecule has 23 heavy (non-hydrogen) atoms. The molecular formula is C19H30NO2Y-. The molecule has 0 aliphatic carbocycles. The van der Waals surface area contributed by atoms with E-state index < -0.39 is 0 Å². The van der Waals surface area contributed by atoms with E-state index in [9.17, 15) is 4.79 Å². The van der Waals surface area contributed by atoms with Crippen molar-refractivity contribution in [2.75, 3.05) is 24.7 Å². The molecule has 0 saturated heterocycles. The third kappa shape index (κ3) is 7.91. The molecule has 0 aromatic heterocycles. The van der Waals surface area contributed by atoms with Crippen LogP contribution in [-0.2, 0) is 47.7 Å². The first kappa shape index (κ1) is 22.8. The van der Waals surface area contributed by atoms with Gasteiger partial charge in [-0.3, -0.25) is 4.79 Å². The van der Waals surface area contributed by atoms with Crippen molar-refractivity contribution in [1.82, 2.24) is 0 Å². The summed E-state index contributed by atoms with van der Waals surface area (Å²) in [5.74, 6) is 0.168. The van der Waals surface area contributed by atoms with Gasteiger partial charge in [0.2, 0.25) is 5.91 Å². The van der Waals surface area contributed by atoms with Gasteiger partial charge < -0.3 is 16.6 Å². The minimum atomic E-state index is 0. The molecule has 1 amide bonds. The van der Waals surface area contributed by atoms with Crippen molar-refractivity contribution in [1.29, 1.82) is 0 Å². The maximum Gasteiger partial charge on any atom is 0.226 e. The molecule has 1 rings (SSSR count). The SMILES string of the molecule is [CH2-]COCCCCN(C(=O)CC)c1ccc(C(C)(C)C)cc1.[Y]. The smallest absolute Gasteiger partial charge is 0.226 e. The number of carbonyl (C=O) groups excluding carboxylic acids is 1. The second kappa shape index (κ2) is 11.3. The largest absolute Gasteiger partial charge is 0.413 e. The Kier molecular flexibility index (Phi) is 11.2. The maximum absolute atomic E-state index is 12.2. The van der Waals surface area contributed by atoms with E-state index in [1.165, 1.54) is 5.56 Å². The van der Waals surface area contributed by atoms with Crippen LogP contribution in [0.25, 0.3) is 0 Å². The topological polar surface area (TPSA) is 29.5 Å². The Labute approximate surface area is 167 Å². The zero-order chi connectivity index (χ0) is 16.6. The fourth-order valence-electron chi connectivity index (χ4n) is 2.31. The van der Waals surface area contributed by atoms with Crippen molar-refractivity contribution in [3.63, 3.8) is 0 Å². The molecule has 127 valence electrons. The molecule has 0 bridgehead atoms. The normalized spacial score (nSPS) is 11.0. The van der Waals surface area contributed by atoms with Gasteiger partial charge in [-0.15, -0.1) is 0 Å². The van der Waals surface area contributed by atoms with Crippen molar-refractivity contribution in [3.8, 4) is 0 Å². The van der Waals surface area contributed by atoms with Crippen LogP contribution in [0.4, 0.5) is 5.69 Å². The summed E-state index contributed by atoms with van der Waals surface area (Å²) in [4.78, 5) is 14.1. The predicted molar refractivity (Wildman–Crippen MR) is 93.2 cm³/mol. The average Bonchev–Trinajstić information content (AvgIpc) is 2.49. The third-order valence-electron chi connectivity index (χ3n) is 3.71. The Morgan fingerprint density at radius 3 is 2.26 bits per heavy atom. The Balaban J connectivity index is 0.00000484. The number of amides is 1. The van der Waals surface area contributed by atoms with E-state index in [2.05, 4.69) is 52.0 Å². The molecule has 0 atom stereocenters. The second-order valence-corrected chi connectivity index (χ2v) is 6.52. The maximum atomic E-state index is 12.2. The van der Waals surface area contributed by atoms with Gasteiger partial charge in [-0.1, -0.05) is 46.4 Å². The van der Waals surface area contributed by atoms with E-state index in [0.717, 1.165) is 25.1 Å². The summed E-state index contributed by atoms with van der Waals surface area (Å²) >= 11 is 0. The van der Waals surface area contributed by atoms with Crippen LogP contribution in [0.15, 0.2) is 24.3 Å². The molecule has 1 aromatic rings. The summed E-state index contributed by atoms with van der Waals surface area (Å²) in [6.45, 7) is 14.1. The molecule has 0 N–H and O–H groups in total. The fourth-order valence-corrected chi connectivity index (χ4v) is 2.31. The molecule has 0 unspecified atom stereocenters. The summed E-state index contributed by atoms with van der Waals surface area (Å²) in [6.07, 6.45) is 2.41. The number of nitrogens with zero attached hydrogens (tertiary/aromatic N) is 1. The minimum Gasteiger partial charge on any atom is -0.413 e. The van der Waals surface area contributed by atoms with Crippen LogP contribution < -0.4 is 4.90 Å². The molecule has 1 radical (unpaired) electrons. The quantitative estimate of drug-likeness (QED) is 0.485. The predicted octanol–water partition coefficient (Wildman–Crippen LogP) is 4.36. The van der Waals surface area contributed by atoms with Crippen molar-refractivity contribution < 1.29 is 42.2 Å². The van der Waals surface area contributed by atoms with Crippen molar-refractivity contribution in [2.45, 2.75) is 52.4 Å². The molecule has 1 aromatic carbocycles. The number of benzene rings is 1. The molecular weight excluding hydrogens is 363 g/mol. The zero-order valence-corrected chi connectivity index (χ0v) is 17.9. The van der Waals surface area contributed by atoms with E-state index in [4.69, 9.17) is 4.74 Å². The first-order valence-electron chi connectivity index (χ1n) is 8.18. The number of rotatable bonds is 8. The summed E-state index contributed by atoms with van der Waals surface area (Å²) in [5, 5.41) is 0. The molecule has 0 spiro atoms. The van der Waals surface area contributed by atoms with Crippen LogP contribution in [0.2, 0.25) is 0 Å². The van der Waals surface area contributed by atoms with Gasteiger partial charge in [0, 0.05) is 58.0 Å². The molecule has 0 aliphatic heterocycles. The van der Waals surface area contributed by atoms with Gasteiger partial charge in [-0.05, 0) is 36.0 Å². The van der Waals surface area contributed by atoms with E-state index in [0.29, 0.717) is 19.6 Å². The summed E-state index contributed by atoms with van der Waals surface area (Å²) in [5.41, 5.74) is 2.39. The van der Waals surface area contributed by atoms with E-state index in [1.807, 2.05) is 11.8 Å². The van der Waals surface area contributed by atoms with E-state index in [-0.39, 0.29) is 44.0 Å². The van der Waals surface area contributed by atoms with Gasteiger partial charge >= 0.3 is 0 Å². The molecule has 0 heterocycles. The Bertz CT molecular complexity index is 451. The summed E-state index contributed by atoms with van der Waals surface area (Å²) < 4.78 is 5.25. The number of hydrogen-bond acceptors (Lipinski definition) is 2. The number of carbonyl (C=O) groups is 1. The number of unbranched alkanes of at least 4 members (excludes halogenated alkanes) is 1. The van der Waals surface area contributed by atoms with Crippen molar-refractivity contribution in [2.24, 2.45) is 0 Å². The summed E-state index contributed by atoms with van der Waals surface area (Å²) in [6, 6.07) is 8.36. The number of hydrogen-bond donors (Lipinski definition) is 0. The fraction of sp³-hybridized carbons (Fsp3) is 0.579. The monoisotopic (exact) mass is 393 g/mol. The van der Waals surface area contributed by atoms with Gasteiger partial charge in [-0.2, -0.15) is 0 Å². The van der Waals surface area contributed by atoms with Crippen LogP contribution in [-0.4, -0.2) is 25.7 Å². The van der Waals surface area contributed by atoms with Gasteiger partial charge in [0.05, 0.1) is 0 Å². The number of anilines is 1. The van der Waals surface area contributed by atoms with Gasteiger partial charge in [0.1, 0.15) is 0 Å². The van der Waals surface area contributed by atoms with E-state index in [1.54, 1.807) is 0 Å². The summed E-state index contributed by atoms with van der Waals surface area (Å²) in [7, 11) is 0. The zero-order valence-electron chi connectivity index (χ0n) is 15.1. The van der Waals surface area contributed by atoms with E-state index >= 15 is 0 Å². The molecule has 0 saturated carbocycles. The Morgan fingerprint density at radius 2 is 1.78 bits per heavy atom. The third-order valence-corrected chi connectivity index (χ3v) is 3.71. The molecule has 0 fully saturated rings. The van der Waals surface area contributed by atoms with Crippen LogP contribution in [0.1, 0.15) is 52.5 Å². The first-order chi connectivity index (χ1) is 10.4. The average molecular weight is 393 g/mol. The Hall–Kier alpha value is -0.246. The first-order valence-corrected chi connectivity index (χ1v) is 8.18.